The number of piperidine rings is 1. The molecule has 48 heavy (non-hydrogen) atoms. The second-order valence-corrected chi connectivity index (χ2v) is 11.9. The molecule has 4 aromatic rings. The number of nitrogen functional groups attached to an aromatic ring is 1. The highest BCUT2D eigenvalue weighted by atomic mass is 19.1. The average molecular weight is 652 g/mol. The molecule has 0 aliphatic carbocycles. The predicted octanol–water partition coefficient (Wildman–Crippen LogP) is 2.68. The van der Waals surface area contributed by atoms with Crippen LogP contribution in [0.3, 0.4) is 0 Å². The maximum absolute atomic E-state index is 15.2. The minimum absolute atomic E-state index is 0.0543. The quantitative estimate of drug-likeness (QED) is 0.285. The van der Waals surface area contributed by atoms with Crippen molar-refractivity contribution in [2.75, 3.05) is 68.4 Å². The number of hydrogen-bond donors (Lipinski definition) is 2. The molecule has 3 fully saturated rings. The number of rotatable bonds is 8. The van der Waals surface area contributed by atoms with Crippen LogP contribution in [0.2, 0.25) is 0 Å². The minimum atomic E-state index is -1.48. The number of carbonyl (C=O) groups is 1. The first-order valence-electron chi connectivity index (χ1n) is 15.8. The fourth-order valence-electron chi connectivity index (χ4n) is 6.03. The van der Waals surface area contributed by atoms with Gasteiger partial charge in [0.2, 0.25) is 5.95 Å². The van der Waals surface area contributed by atoms with Gasteiger partial charge in [-0.2, -0.15) is 10.2 Å². The Morgan fingerprint density at radius 1 is 1.04 bits per heavy atom. The van der Waals surface area contributed by atoms with Crippen LogP contribution >= 0.6 is 0 Å². The third-order valence-electron chi connectivity index (χ3n) is 8.79. The highest BCUT2D eigenvalue weighted by Crippen LogP contribution is 2.29. The van der Waals surface area contributed by atoms with Gasteiger partial charge >= 0.3 is 0 Å². The van der Waals surface area contributed by atoms with Crippen LogP contribution in [0.25, 0.3) is 11.4 Å². The van der Waals surface area contributed by atoms with Gasteiger partial charge in [0, 0.05) is 56.1 Å². The number of nitrogens with zero attached hydrogens (tertiary/aromatic N) is 9. The van der Waals surface area contributed by atoms with Crippen molar-refractivity contribution in [1.82, 2.24) is 34.7 Å². The zero-order valence-electron chi connectivity index (χ0n) is 26.1. The number of anilines is 4. The molecular weight excluding hydrogens is 617 g/mol. The van der Waals surface area contributed by atoms with E-state index in [0.29, 0.717) is 23.4 Å². The molecule has 7 rings (SSSR count). The third kappa shape index (κ3) is 6.80. The summed E-state index contributed by atoms with van der Waals surface area (Å²) in [6.07, 6.45) is 1.94. The Morgan fingerprint density at radius 3 is 2.56 bits per heavy atom. The fraction of sp³-hybridized carbons (Fsp3) is 0.364. The Hall–Kier alpha value is -5.46. The van der Waals surface area contributed by atoms with Crippen molar-refractivity contribution in [3.63, 3.8) is 0 Å². The smallest absolute Gasteiger partial charge is 0.274 e. The lowest BCUT2D eigenvalue weighted by Crippen LogP contribution is -2.56. The number of nitriles is 1. The predicted molar refractivity (Wildman–Crippen MR) is 174 cm³/mol. The molecule has 246 valence electrons. The maximum Gasteiger partial charge on any atom is 0.274 e. The van der Waals surface area contributed by atoms with Crippen LogP contribution in [0.5, 0.6) is 5.75 Å². The number of amides is 1. The minimum Gasteiger partial charge on any atom is -0.486 e. The molecule has 0 bridgehead atoms. The van der Waals surface area contributed by atoms with E-state index in [-0.39, 0.29) is 42.3 Å². The van der Waals surface area contributed by atoms with Gasteiger partial charge in [0.25, 0.3) is 5.91 Å². The van der Waals surface area contributed by atoms with E-state index in [1.165, 1.54) is 29.3 Å². The summed E-state index contributed by atoms with van der Waals surface area (Å²) < 4.78 is 26.5. The molecule has 1 unspecified atom stereocenters. The van der Waals surface area contributed by atoms with Crippen molar-refractivity contribution in [2.45, 2.75) is 24.7 Å². The van der Waals surface area contributed by atoms with E-state index < -0.39 is 18.2 Å². The number of ether oxygens (including phenoxy) is 2. The summed E-state index contributed by atoms with van der Waals surface area (Å²) in [5, 5.41) is 13.1. The summed E-state index contributed by atoms with van der Waals surface area (Å²) in [5.74, 6) is 0.612. The molecular formula is C33H34FN11O3. The van der Waals surface area contributed by atoms with E-state index in [4.69, 9.17) is 15.2 Å². The Bertz CT molecular complexity index is 1810. The van der Waals surface area contributed by atoms with Crippen LogP contribution in [0.15, 0.2) is 61.2 Å². The normalized spacial score (nSPS) is 20.1. The summed E-state index contributed by atoms with van der Waals surface area (Å²) in [6.45, 7) is 5.76. The first kappa shape index (κ1) is 31.2. The Morgan fingerprint density at radius 2 is 1.85 bits per heavy atom. The molecule has 0 saturated carbocycles. The van der Waals surface area contributed by atoms with Gasteiger partial charge in [-0.3, -0.25) is 14.7 Å². The van der Waals surface area contributed by atoms with Crippen molar-refractivity contribution in [3.05, 3.63) is 72.4 Å². The summed E-state index contributed by atoms with van der Waals surface area (Å²) in [6, 6.07) is 15.8. The first-order valence-corrected chi connectivity index (χ1v) is 15.8. The van der Waals surface area contributed by atoms with Crippen LogP contribution in [-0.4, -0.2) is 111 Å². The van der Waals surface area contributed by atoms with E-state index in [0.717, 1.165) is 45.1 Å². The van der Waals surface area contributed by atoms with Crippen LogP contribution in [-0.2, 0) is 4.74 Å². The molecule has 5 heterocycles. The molecule has 2 aromatic carbocycles. The van der Waals surface area contributed by atoms with Gasteiger partial charge in [-0.1, -0.05) is 0 Å². The lowest BCUT2D eigenvalue weighted by Gasteiger charge is -2.43. The number of nitrogens with one attached hydrogen (secondary N) is 1. The fourth-order valence-corrected chi connectivity index (χ4v) is 6.03. The third-order valence-corrected chi connectivity index (χ3v) is 8.79. The number of alkyl halides is 1. The van der Waals surface area contributed by atoms with Crippen molar-refractivity contribution in [2.24, 2.45) is 0 Å². The van der Waals surface area contributed by atoms with Gasteiger partial charge in [0.15, 0.2) is 12.0 Å². The molecule has 14 nitrogen and oxygen atoms in total. The number of aromatic nitrogens is 5. The molecule has 1 amide bonds. The molecule has 2 atom stereocenters. The SMILES string of the molecule is N#Cc1cc(-c2ncnc(Nc3ccc(N4CCN(C5COC5)CC4)cc3)n2)ccc1OC1CCN(C(=O)c2cncc(N)n2)C[C@H]1F. The number of halogens is 1. The number of nitrogens with two attached hydrogens (primary N) is 1. The zero-order valence-corrected chi connectivity index (χ0v) is 26.1. The molecule has 15 heteroatoms. The van der Waals surface area contributed by atoms with E-state index in [1.807, 2.05) is 12.1 Å². The summed E-state index contributed by atoms with van der Waals surface area (Å²) in [5.41, 5.74) is 8.47. The van der Waals surface area contributed by atoms with Crippen LogP contribution in [0, 0.1) is 11.3 Å². The van der Waals surface area contributed by atoms with Gasteiger partial charge in [0.1, 0.15) is 35.8 Å². The highest BCUT2D eigenvalue weighted by molar-refractivity contribution is 5.92. The van der Waals surface area contributed by atoms with E-state index in [9.17, 15) is 10.1 Å². The largest absolute Gasteiger partial charge is 0.486 e. The van der Waals surface area contributed by atoms with Gasteiger partial charge in [-0.05, 0) is 42.5 Å². The number of carbonyl (C=O) groups excluding carboxylic acids is 1. The number of hydrogen-bond acceptors (Lipinski definition) is 13. The second-order valence-electron chi connectivity index (χ2n) is 11.9. The number of likely N-dealkylation sites (tertiary alicyclic amines) is 1. The van der Waals surface area contributed by atoms with Gasteiger partial charge < -0.3 is 30.3 Å². The van der Waals surface area contributed by atoms with Crippen molar-refractivity contribution >= 4 is 29.0 Å². The summed E-state index contributed by atoms with van der Waals surface area (Å²) in [4.78, 5) is 40.0. The summed E-state index contributed by atoms with van der Waals surface area (Å²) >= 11 is 0. The first-order chi connectivity index (χ1) is 23.4. The van der Waals surface area contributed by atoms with Gasteiger partial charge in [0.05, 0.1) is 43.8 Å². The molecule has 3 aliphatic heterocycles. The van der Waals surface area contributed by atoms with Crippen molar-refractivity contribution in [3.8, 4) is 23.2 Å². The monoisotopic (exact) mass is 651 g/mol. The van der Waals surface area contributed by atoms with E-state index in [1.54, 1.807) is 18.2 Å². The van der Waals surface area contributed by atoms with Crippen LogP contribution < -0.4 is 20.7 Å². The number of benzene rings is 2. The average Bonchev–Trinajstić information content (AvgIpc) is 3.09. The van der Waals surface area contributed by atoms with Gasteiger partial charge in [-0.25, -0.2) is 19.3 Å². The Kier molecular flexibility index (Phi) is 8.91. The standard InChI is InChI=1S/C33H34FN11O3/c34-26-17-45(32(46)27-15-37-16-30(36)41-27)8-7-29(26)48-28-6-1-21(13-22(28)14-35)31-38-20-39-33(42-31)40-23-2-4-24(5-3-23)43-9-11-44(12-10-43)25-18-47-19-25/h1-6,13,15-16,20,25-26,29H,7-12,17-19H2,(H2,36,41)(H,38,39,40,42)/t26-,29?/m1/s1. The highest BCUT2D eigenvalue weighted by Gasteiger charge is 2.34. The molecule has 3 aliphatic rings. The topological polar surface area (TPSA) is 172 Å². The molecule has 3 N–H and O–H groups in total. The van der Waals surface area contributed by atoms with Crippen LogP contribution in [0.4, 0.5) is 27.5 Å². The van der Waals surface area contributed by atoms with E-state index >= 15 is 4.39 Å². The van der Waals surface area contributed by atoms with Crippen molar-refractivity contribution in [1.29, 1.82) is 5.26 Å². The second kappa shape index (κ2) is 13.7. The number of piperazine rings is 1. The molecule has 3 saturated heterocycles. The maximum atomic E-state index is 15.2. The molecule has 2 aromatic heterocycles. The van der Waals surface area contributed by atoms with Crippen molar-refractivity contribution < 1.29 is 18.7 Å². The Labute approximate surface area is 276 Å². The van der Waals surface area contributed by atoms with E-state index in [2.05, 4.69) is 58.2 Å². The summed E-state index contributed by atoms with van der Waals surface area (Å²) in [7, 11) is 0. The Balaban J connectivity index is 0.964. The molecule has 0 spiro atoms. The van der Waals surface area contributed by atoms with Gasteiger partial charge in [-0.15, -0.1) is 0 Å². The zero-order chi connectivity index (χ0) is 33.0. The molecule has 0 radical (unpaired) electrons. The lowest BCUT2D eigenvalue weighted by atomic mass is 10.0. The van der Waals surface area contributed by atoms with Crippen LogP contribution in [0.1, 0.15) is 22.5 Å². The lowest BCUT2D eigenvalue weighted by molar-refractivity contribution is -0.0660.